The molecular weight excluding hydrogens is 252 g/mol. The highest BCUT2D eigenvalue weighted by molar-refractivity contribution is 7.79. The van der Waals surface area contributed by atoms with E-state index >= 15 is 0 Å². The van der Waals surface area contributed by atoms with Crippen molar-refractivity contribution >= 4 is 24.5 Å². The number of nitrogens with two attached hydrogens (primary N) is 1. The quantitative estimate of drug-likeness (QED) is 0.579. The van der Waals surface area contributed by atoms with Crippen molar-refractivity contribution in [3.05, 3.63) is 35.9 Å². The van der Waals surface area contributed by atoms with Crippen molar-refractivity contribution in [2.75, 3.05) is 12.8 Å². The summed E-state index contributed by atoms with van der Waals surface area (Å²) in [6, 6.07) is 8.60. The van der Waals surface area contributed by atoms with Crippen molar-refractivity contribution in [3.63, 3.8) is 0 Å². The predicted molar refractivity (Wildman–Crippen MR) is 73.7 cm³/mol. The summed E-state index contributed by atoms with van der Waals surface area (Å²) in [5.41, 5.74) is 6.58. The molecule has 0 aliphatic heterocycles. The molecule has 4 N–H and O–H groups in total. The fraction of sp³-hybridized carbons (Fsp3) is 0.333. The van der Waals surface area contributed by atoms with Crippen LogP contribution in [0.5, 0.6) is 0 Å². The number of carbonyl (C=O) groups excluding carboxylic acids is 1. The molecule has 0 aromatic heterocycles. The van der Waals surface area contributed by atoms with Crippen molar-refractivity contribution in [1.82, 2.24) is 5.32 Å². The monoisotopic (exact) mass is 270 g/mol. The molecule has 1 rings (SSSR count). The van der Waals surface area contributed by atoms with Crippen molar-refractivity contribution < 1.29 is 14.7 Å². The number of thiol groups is 1. The average Bonchev–Trinajstić information content (AvgIpc) is 2.39. The van der Waals surface area contributed by atoms with Crippen molar-refractivity contribution in [2.45, 2.75) is 12.5 Å². The molecule has 1 unspecified atom stereocenters. The number of hydrogen-bond donors (Lipinski definition) is 4. The zero-order valence-electron chi connectivity index (χ0n) is 10.2. The number of hydrogen-bond acceptors (Lipinski definition) is 4. The number of amides is 1. The molecule has 0 aliphatic rings. The van der Waals surface area contributed by atoms with E-state index in [4.69, 9.17) is 10.8 Å². The lowest BCUT2D eigenvalue weighted by molar-refractivity contribution is -0.138. The second kappa shape index (κ2) is 9.49. The molecule has 0 fully saturated rings. The summed E-state index contributed by atoms with van der Waals surface area (Å²) in [7, 11) is 0. The summed E-state index contributed by atoms with van der Waals surface area (Å²) >= 11 is 3.53. The minimum Gasteiger partial charge on any atom is -0.480 e. The van der Waals surface area contributed by atoms with Crippen LogP contribution in [0.3, 0.4) is 0 Å². The van der Waals surface area contributed by atoms with Gasteiger partial charge < -0.3 is 16.2 Å². The molecule has 6 heteroatoms. The first kappa shape index (κ1) is 16.5. The number of rotatable bonds is 5. The molecule has 0 radical (unpaired) electrons. The van der Waals surface area contributed by atoms with Gasteiger partial charge in [0.05, 0.1) is 6.04 Å². The number of aliphatic carboxylic acids is 1. The molecule has 1 aromatic carbocycles. The van der Waals surface area contributed by atoms with Crippen LogP contribution in [-0.2, 0) is 16.0 Å². The lowest BCUT2D eigenvalue weighted by atomic mass is 10.1. The van der Waals surface area contributed by atoms with Gasteiger partial charge in [-0.25, -0.2) is 0 Å². The third kappa shape index (κ3) is 6.93. The first-order chi connectivity index (χ1) is 8.59. The Balaban J connectivity index is 0.00000137. The van der Waals surface area contributed by atoms with E-state index in [0.717, 1.165) is 5.56 Å². The molecule has 1 amide bonds. The minimum absolute atomic E-state index is 0.395. The van der Waals surface area contributed by atoms with Crippen LogP contribution in [0.4, 0.5) is 0 Å². The van der Waals surface area contributed by atoms with Crippen LogP contribution in [0.1, 0.15) is 5.56 Å². The van der Waals surface area contributed by atoms with E-state index in [1.165, 1.54) is 0 Å². The molecule has 1 atom stereocenters. The topological polar surface area (TPSA) is 92.4 Å². The largest absolute Gasteiger partial charge is 0.480 e. The SMILES string of the molecule is CS.NC(Cc1ccccc1)C(=O)NCC(=O)O. The second-order valence-corrected chi connectivity index (χ2v) is 3.41. The fourth-order valence-electron chi connectivity index (χ4n) is 1.25. The Kier molecular flexibility index (Phi) is 8.69. The zero-order chi connectivity index (χ0) is 14.0. The molecular formula is C12H18N2O3S. The molecule has 100 valence electrons. The van der Waals surface area contributed by atoms with Crippen LogP contribution in [-0.4, -0.2) is 35.8 Å². The normalized spacial score (nSPS) is 10.8. The Bertz CT molecular complexity index is 371. The Morgan fingerprint density at radius 3 is 2.39 bits per heavy atom. The Labute approximate surface area is 112 Å². The van der Waals surface area contributed by atoms with Crippen LogP contribution in [0.25, 0.3) is 0 Å². The smallest absolute Gasteiger partial charge is 0.322 e. The highest BCUT2D eigenvalue weighted by Gasteiger charge is 2.14. The van der Waals surface area contributed by atoms with Gasteiger partial charge in [0.2, 0.25) is 5.91 Å². The molecule has 0 aliphatic carbocycles. The number of carboxylic acids is 1. The van der Waals surface area contributed by atoms with Gasteiger partial charge >= 0.3 is 5.97 Å². The fourth-order valence-corrected chi connectivity index (χ4v) is 1.25. The molecule has 5 nitrogen and oxygen atoms in total. The van der Waals surface area contributed by atoms with Gasteiger partial charge in [-0.2, -0.15) is 12.6 Å². The summed E-state index contributed by atoms with van der Waals surface area (Å²) in [6.07, 6.45) is 2.09. The first-order valence-electron chi connectivity index (χ1n) is 5.33. The van der Waals surface area contributed by atoms with Gasteiger partial charge in [-0.3, -0.25) is 9.59 Å². The van der Waals surface area contributed by atoms with Gasteiger partial charge in [-0.1, -0.05) is 30.3 Å². The molecule has 0 saturated carbocycles. The van der Waals surface area contributed by atoms with E-state index in [0.29, 0.717) is 6.42 Å². The summed E-state index contributed by atoms with van der Waals surface area (Å²) in [5.74, 6) is -1.54. The second-order valence-electron chi connectivity index (χ2n) is 3.41. The average molecular weight is 270 g/mol. The molecule has 0 heterocycles. The maximum absolute atomic E-state index is 11.4. The number of carbonyl (C=O) groups is 2. The zero-order valence-corrected chi connectivity index (χ0v) is 11.1. The molecule has 0 saturated heterocycles. The summed E-state index contributed by atoms with van der Waals surface area (Å²) in [4.78, 5) is 21.6. The minimum atomic E-state index is -1.08. The Hall–Kier alpha value is -1.53. The predicted octanol–water partition coefficient (Wildman–Crippen LogP) is 0.303. The highest BCUT2D eigenvalue weighted by Crippen LogP contribution is 2.01. The van der Waals surface area contributed by atoms with E-state index in [1.807, 2.05) is 30.3 Å². The highest BCUT2D eigenvalue weighted by atomic mass is 32.1. The maximum atomic E-state index is 11.4. The van der Waals surface area contributed by atoms with E-state index in [2.05, 4.69) is 17.9 Å². The molecule has 18 heavy (non-hydrogen) atoms. The van der Waals surface area contributed by atoms with Gasteiger partial charge in [-0.05, 0) is 18.2 Å². The van der Waals surface area contributed by atoms with E-state index in [1.54, 1.807) is 6.26 Å². The van der Waals surface area contributed by atoms with Gasteiger partial charge in [0.1, 0.15) is 6.54 Å². The number of carboxylic acid groups (broad SMARTS) is 1. The molecule has 0 bridgehead atoms. The van der Waals surface area contributed by atoms with Crippen molar-refractivity contribution in [3.8, 4) is 0 Å². The molecule has 0 spiro atoms. The van der Waals surface area contributed by atoms with Gasteiger partial charge in [0.15, 0.2) is 0 Å². The van der Waals surface area contributed by atoms with Crippen LogP contribution in [0.15, 0.2) is 30.3 Å². The lowest BCUT2D eigenvalue weighted by Crippen LogP contribution is -2.43. The standard InChI is InChI=1S/C11H14N2O3.CH4S/c12-9(11(16)13-7-10(14)15)6-8-4-2-1-3-5-8;1-2/h1-5,9H,6-7,12H2,(H,13,16)(H,14,15);2H,1H3. The van der Waals surface area contributed by atoms with Gasteiger partial charge in [0.25, 0.3) is 0 Å². The van der Waals surface area contributed by atoms with Crippen LogP contribution in [0, 0.1) is 0 Å². The number of benzene rings is 1. The maximum Gasteiger partial charge on any atom is 0.322 e. The van der Waals surface area contributed by atoms with Crippen LogP contribution < -0.4 is 11.1 Å². The summed E-state index contributed by atoms with van der Waals surface area (Å²) < 4.78 is 0. The van der Waals surface area contributed by atoms with Crippen molar-refractivity contribution in [1.29, 1.82) is 0 Å². The summed E-state index contributed by atoms with van der Waals surface area (Å²) in [6.45, 7) is -0.401. The number of nitrogens with one attached hydrogen (secondary N) is 1. The van der Waals surface area contributed by atoms with Gasteiger partial charge in [-0.15, -0.1) is 0 Å². The van der Waals surface area contributed by atoms with Gasteiger partial charge in [0, 0.05) is 0 Å². The van der Waals surface area contributed by atoms with Crippen LogP contribution in [0.2, 0.25) is 0 Å². The molecule has 1 aromatic rings. The lowest BCUT2D eigenvalue weighted by Gasteiger charge is -2.10. The van der Waals surface area contributed by atoms with E-state index in [-0.39, 0.29) is 0 Å². The van der Waals surface area contributed by atoms with Crippen LogP contribution >= 0.6 is 12.6 Å². The Morgan fingerprint density at radius 2 is 1.89 bits per heavy atom. The van der Waals surface area contributed by atoms with E-state index < -0.39 is 24.5 Å². The van der Waals surface area contributed by atoms with E-state index in [9.17, 15) is 9.59 Å². The first-order valence-corrected chi connectivity index (χ1v) is 6.23. The summed E-state index contributed by atoms with van der Waals surface area (Å²) in [5, 5.41) is 10.6. The third-order valence-corrected chi connectivity index (χ3v) is 2.05. The third-order valence-electron chi connectivity index (χ3n) is 2.05. The van der Waals surface area contributed by atoms with Crippen molar-refractivity contribution in [2.24, 2.45) is 5.73 Å². The Morgan fingerprint density at radius 1 is 1.33 bits per heavy atom.